The molecule has 0 radical (unpaired) electrons. The van der Waals surface area contributed by atoms with Crippen LogP contribution < -0.4 is 0 Å². The highest BCUT2D eigenvalue weighted by molar-refractivity contribution is 5.44. The van der Waals surface area contributed by atoms with Gasteiger partial charge < -0.3 is 4.74 Å². The van der Waals surface area contributed by atoms with E-state index in [1.165, 1.54) is 24.0 Å². The van der Waals surface area contributed by atoms with E-state index in [-0.39, 0.29) is 11.0 Å². The summed E-state index contributed by atoms with van der Waals surface area (Å²) in [7, 11) is 0. The highest BCUT2D eigenvalue weighted by Crippen LogP contribution is 2.66. The molecule has 1 heterocycles. The van der Waals surface area contributed by atoms with Crippen LogP contribution in [0.4, 0.5) is 0 Å². The molecule has 0 amide bonds. The minimum Gasteiger partial charge on any atom is -0.364 e. The number of hydrogen-bond donors (Lipinski definition) is 0. The molecule has 2 aromatic rings. The summed E-state index contributed by atoms with van der Waals surface area (Å²) in [6.45, 7) is 0.867. The summed E-state index contributed by atoms with van der Waals surface area (Å²) in [6.07, 6.45) is 2.48. The number of hydrogen-bond acceptors (Lipinski definition) is 1. The third-order valence-corrected chi connectivity index (χ3v) is 4.52. The van der Waals surface area contributed by atoms with Crippen molar-refractivity contribution in [2.24, 2.45) is 0 Å². The summed E-state index contributed by atoms with van der Waals surface area (Å²) in [6, 6.07) is 21.6. The van der Waals surface area contributed by atoms with Gasteiger partial charge in [-0.25, -0.2) is 0 Å². The molecule has 1 aliphatic carbocycles. The Labute approximate surface area is 107 Å². The van der Waals surface area contributed by atoms with E-state index < -0.39 is 0 Å². The third kappa shape index (κ3) is 1.25. The lowest BCUT2D eigenvalue weighted by atomic mass is 9.78. The van der Waals surface area contributed by atoms with Crippen molar-refractivity contribution in [2.75, 3.05) is 6.61 Å². The quantitative estimate of drug-likeness (QED) is 0.741. The van der Waals surface area contributed by atoms with E-state index in [9.17, 15) is 0 Å². The van der Waals surface area contributed by atoms with Gasteiger partial charge >= 0.3 is 0 Å². The molecule has 0 N–H and O–H groups in total. The van der Waals surface area contributed by atoms with Crippen LogP contribution in [0.5, 0.6) is 0 Å². The van der Waals surface area contributed by atoms with Gasteiger partial charge in [0.05, 0.1) is 6.61 Å². The van der Waals surface area contributed by atoms with Crippen molar-refractivity contribution in [3.8, 4) is 0 Å². The van der Waals surface area contributed by atoms with Gasteiger partial charge in [0.2, 0.25) is 0 Å². The Morgan fingerprint density at radius 2 is 1.22 bits per heavy atom. The molecule has 0 bridgehead atoms. The van der Waals surface area contributed by atoms with Crippen LogP contribution in [0, 0.1) is 0 Å². The predicted octanol–water partition coefficient (Wildman–Crippen LogP) is 3.64. The van der Waals surface area contributed by atoms with Gasteiger partial charge in [-0.05, 0) is 24.0 Å². The van der Waals surface area contributed by atoms with Crippen LogP contribution in [0.1, 0.15) is 24.0 Å². The van der Waals surface area contributed by atoms with Crippen molar-refractivity contribution >= 4 is 0 Å². The van der Waals surface area contributed by atoms with Crippen LogP contribution in [0.15, 0.2) is 60.7 Å². The summed E-state index contributed by atoms with van der Waals surface area (Å²) < 4.78 is 5.96. The Hall–Kier alpha value is -1.60. The molecule has 1 aliphatic heterocycles. The second-order valence-corrected chi connectivity index (χ2v) is 5.43. The summed E-state index contributed by atoms with van der Waals surface area (Å²) in [5.74, 6) is 0. The zero-order valence-corrected chi connectivity index (χ0v) is 10.3. The molecule has 2 aliphatic rings. The van der Waals surface area contributed by atoms with Gasteiger partial charge in [-0.1, -0.05) is 60.7 Å². The molecule has 1 nitrogen and oxygen atoms in total. The van der Waals surface area contributed by atoms with Crippen LogP contribution in [0.2, 0.25) is 0 Å². The maximum absolute atomic E-state index is 5.96. The van der Waals surface area contributed by atoms with E-state index in [0.717, 1.165) is 6.61 Å². The summed E-state index contributed by atoms with van der Waals surface area (Å²) in [4.78, 5) is 0. The molecule has 18 heavy (non-hydrogen) atoms. The topological polar surface area (TPSA) is 12.5 Å². The Morgan fingerprint density at radius 3 is 1.67 bits per heavy atom. The molecule has 1 saturated heterocycles. The molecule has 0 aromatic heterocycles. The molecular formula is C17H16O. The first kappa shape index (κ1) is 10.3. The number of ether oxygens (including phenoxy) is 1. The molecule has 4 rings (SSSR count). The van der Waals surface area contributed by atoms with E-state index in [0.29, 0.717) is 0 Å². The standard InChI is InChI=1S/C17H16O/c1-3-7-14(8-4-1)16(11-12-16)17(13-18-17)15-9-5-2-6-10-15/h1-10H,11-13H2. The summed E-state index contributed by atoms with van der Waals surface area (Å²) >= 11 is 0. The van der Waals surface area contributed by atoms with Gasteiger partial charge in [0.25, 0.3) is 0 Å². The fraction of sp³-hybridized carbons (Fsp3) is 0.294. The van der Waals surface area contributed by atoms with Crippen LogP contribution in [0.3, 0.4) is 0 Å². The minimum absolute atomic E-state index is 0.0460. The van der Waals surface area contributed by atoms with E-state index in [1.807, 2.05) is 0 Å². The number of epoxide rings is 1. The minimum atomic E-state index is -0.0460. The van der Waals surface area contributed by atoms with Gasteiger partial charge in [0.1, 0.15) is 5.60 Å². The van der Waals surface area contributed by atoms with Crippen LogP contribution in [0.25, 0.3) is 0 Å². The van der Waals surface area contributed by atoms with Gasteiger partial charge in [-0.15, -0.1) is 0 Å². The first-order chi connectivity index (χ1) is 8.87. The SMILES string of the molecule is c1ccc(C2(C3(c4ccccc4)CO3)CC2)cc1. The average Bonchev–Trinajstić information content (AvgIpc) is 3.33. The fourth-order valence-corrected chi connectivity index (χ4v) is 3.31. The van der Waals surface area contributed by atoms with E-state index >= 15 is 0 Å². The Morgan fingerprint density at radius 1 is 0.722 bits per heavy atom. The highest BCUT2D eigenvalue weighted by Gasteiger charge is 2.68. The molecule has 1 unspecified atom stereocenters. The van der Waals surface area contributed by atoms with Crippen molar-refractivity contribution in [2.45, 2.75) is 23.9 Å². The van der Waals surface area contributed by atoms with E-state index in [1.54, 1.807) is 0 Å². The Kier molecular flexibility index (Phi) is 1.98. The van der Waals surface area contributed by atoms with Crippen LogP contribution >= 0.6 is 0 Å². The van der Waals surface area contributed by atoms with Gasteiger partial charge in [0, 0.05) is 5.41 Å². The van der Waals surface area contributed by atoms with Gasteiger partial charge in [-0.2, -0.15) is 0 Å². The second kappa shape index (κ2) is 3.46. The van der Waals surface area contributed by atoms with Crippen molar-refractivity contribution in [3.63, 3.8) is 0 Å². The molecule has 0 spiro atoms. The van der Waals surface area contributed by atoms with Gasteiger partial charge in [0.15, 0.2) is 0 Å². The average molecular weight is 236 g/mol. The molecule has 1 atom stereocenters. The largest absolute Gasteiger partial charge is 0.364 e. The first-order valence-electron chi connectivity index (χ1n) is 6.62. The molecule has 2 aromatic carbocycles. The van der Waals surface area contributed by atoms with Crippen molar-refractivity contribution in [3.05, 3.63) is 71.8 Å². The second-order valence-electron chi connectivity index (χ2n) is 5.43. The number of rotatable bonds is 3. The van der Waals surface area contributed by atoms with Gasteiger partial charge in [-0.3, -0.25) is 0 Å². The summed E-state index contributed by atoms with van der Waals surface area (Å²) in [5, 5.41) is 0. The molecule has 2 fully saturated rings. The normalized spacial score (nSPS) is 27.8. The molecular weight excluding hydrogens is 220 g/mol. The zero-order chi connectivity index (χ0) is 12.1. The summed E-state index contributed by atoms with van der Waals surface area (Å²) in [5.41, 5.74) is 2.96. The van der Waals surface area contributed by atoms with Crippen LogP contribution in [-0.4, -0.2) is 6.61 Å². The van der Waals surface area contributed by atoms with E-state index in [2.05, 4.69) is 60.7 Å². The smallest absolute Gasteiger partial charge is 0.126 e. The lowest BCUT2D eigenvalue weighted by molar-refractivity contribution is 0.251. The van der Waals surface area contributed by atoms with Crippen LogP contribution in [-0.2, 0) is 15.8 Å². The Balaban J connectivity index is 1.80. The fourth-order valence-electron chi connectivity index (χ4n) is 3.31. The third-order valence-electron chi connectivity index (χ3n) is 4.52. The van der Waals surface area contributed by atoms with Crippen molar-refractivity contribution in [1.82, 2.24) is 0 Å². The maximum Gasteiger partial charge on any atom is 0.126 e. The van der Waals surface area contributed by atoms with Crippen molar-refractivity contribution in [1.29, 1.82) is 0 Å². The lowest BCUT2D eigenvalue weighted by Gasteiger charge is -2.24. The van der Waals surface area contributed by atoms with E-state index in [4.69, 9.17) is 4.74 Å². The zero-order valence-electron chi connectivity index (χ0n) is 10.3. The number of benzene rings is 2. The predicted molar refractivity (Wildman–Crippen MR) is 71.4 cm³/mol. The first-order valence-corrected chi connectivity index (χ1v) is 6.62. The highest BCUT2D eigenvalue weighted by atomic mass is 16.6. The maximum atomic E-state index is 5.96. The lowest BCUT2D eigenvalue weighted by Crippen LogP contribution is -2.27. The molecule has 1 saturated carbocycles. The monoisotopic (exact) mass is 236 g/mol. The van der Waals surface area contributed by atoms with Crippen molar-refractivity contribution < 1.29 is 4.74 Å². The Bertz CT molecular complexity index is 497. The molecule has 1 heteroatoms. The molecule has 90 valence electrons.